The fourth-order valence-electron chi connectivity index (χ4n) is 1.62. The Morgan fingerprint density at radius 3 is 2.00 bits per heavy atom. The van der Waals surface area contributed by atoms with E-state index < -0.39 is 0 Å². The van der Waals surface area contributed by atoms with Crippen molar-refractivity contribution < 1.29 is 0 Å². The molecule has 0 nitrogen and oxygen atoms in total. The van der Waals surface area contributed by atoms with Crippen LogP contribution >= 0.6 is 31.9 Å². The van der Waals surface area contributed by atoms with Crippen LogP contribution in [0.3, 0.4) is 0 Å². The minimum Gasteiger partial charge on any atom is -0.0925 e. The molecular weight excluding hydrogens is 292 g/mol. The summed E-state index contributed by atoms with van der Waals surface area (Å²) in [6.07, 6.45) is 6.88. The standard InChI is InChI=1S/C11H22Br2/c1-3-5-6-10(4-2)7-11(8-12)9-13/h10-11H,3-9H2,1-2H3. The monoisotopic (exact) mass is 312 g/mol. The van der Waals surface area contributed by atoms with Crippen molar-refractivity contribution in [2.75, 3.05) is 10.7 Å². The van der Waals surface area contributed by atoms with E-state index in [-0.39, 0.29) is 0 Å². The molecule has 0 aliphatic rings. The molecule has 0 rings (SSSR count). The van der Waals surface area contributed by atoms with Crippen LogP contribution < -0.4 is 0 Å². The average Bonchev–Trinajstić information content (AvgIpc) is 2.19. The van der Waals surface area contributed by atoms with Gasteiger partial charge in [0.25, 0.3) is 0 Å². The molecule has 2 heteroatoms. The molecule has 0 aliphatic heterocycles. The first kappa shape index (κ1) is 14.0. The van der Waals surface area contributed by atoms with Crippen molar-refractivity contribution in [3.05, 3.63) is 0 Å². The molecule has 1 unspecified atom stereocenters. The van der Waals surface area contributed by atoms with Crippen LogP contribution in [0.2, 0.25) is 0 Å². The van der Waals surface area contributed by atoms with Gasteiger partial charge in [-0.25, -0.2) is 0 Å². The van der Waals surface area contributed by atoms with Crippen molar-refractivity contribution in [3.8, 4) is 0 Å². The minimum atomic E-state index is 0.821. The first-order chi connectivity index (χ1) is 6.28. The van der Waals surface area contributed by atoms with Gasteiger partial charge in [-0.2, -0.15) is 0 Å². The van der Waals surface area contributed by atoms with Gasteiger partial charge >= 0.3 is 0 Å². The van der Waals surface area contributed by atoms with Crippen molar-refractivity contribution >= 4 is 31.9 Å². The Bertz CT molecular complexity index is 100. The van der Waals surface area contributed by atoms with Gasteiger partial charge in [-0.3, -0.25) is 0 Å². The Kier molecular flexibility index (Phi) is 10.2. The van der Waals surface area contributed by atoms with Gasteiger partial charge in [0.05, 0.1) is 0 Å². The fraction of sp³-hybridized carbons (Fsp3) is 1.00. The Labute approximate surface area is 100 Å². The highest BCUT2D eigenvalue weighted by Crippen LogP contribution is 2.23. The molecule has 0 aromatic rings. The highest BCUT2D eigenvalue weighted by Gasteiger charge is 2.12. The van der Waals surface area contributed by atoms with E-state index in [1.807, 2.05) is 0 Å². The lowest BCUT2D eigenvalue weighted by atomic mass is 9.90. The maximum absolute atomic E-state index is 3.57. The third-order valence-electron chi connectivity index (χ3n) is 2.65. The molecule has 0 aromatic carbocycles. The van der Waals surface area contributed by atoms with E-state index in [2.05, 4.69) is 45.7 Å². The zero-order valence-corrected chi connectivity index (χ0v) is 12.0. The molecule has 80 valence electrons. The molecular formula is C11H22Br2. The van der Waals surface area contributed by atoms with Gasteiger partial charge in [-0.05, 0) is 18.3 Å². The highest BCUT2D eigenvalue weighted by molar-refractivity contribution is 9.09. The van der Waals surface area contributed by atoms with Crippen molar-refractivity contribution in [2.24, 2.45) is 11.8 Å². The lowest BCUT2D eigenvalue weighted by Crippen LogP contribution is -2.11. The predicted octanol–water partition coefficient (Wildman–Crippen LogP) is 5.00. The fourth-order valence-corrected chi connectivity index (χ4v) is 3.22. The Balaban J connectivity index is 3.67. The SMILES string of the molecule is CCCCC(CC)CC(CBr)CBr. The summed E-state index contributed by atoms with van der Waals surface area (Å²) in [5.41, 5.74) is 0. The summed E-state index contributed by atoms with van der Waals surface area (Å²) in [6, 6.07) is 0. The first-order valence-electron chi connectivity index (χ1n) is 5.40. The van der Waals surface area contributed by atoms with Crippen LogP contribution in [0.25, 0.3) is 0 Å². The number of rotatable bonds is 8. The quantitative estimate of drug-likeness (QED) is 0.553. The highest BCUT2D eigenvalue weighted by atomic mass is 79.9. The molecule has 0 spiro atoms. The van der Waals surface area contributed by atoms with Crippen LogP contribution in [0.4, 0.5) is 0 Å². The van der Waals surface area contributed by atoms with Crippen molar-refractivity contribution in [2.45, 2.75) is 46.0 Å². The molecule has 13 heavy (non-hydrogen) atoms. The van der Waals surface area contributed by atoms with Crippen molar-refractivity contribution in [1.29, 1.82) is 0 Å². The van der Waals surface area contributed by atoms with E-state index in [1.54, 1.807) is 0 Å². The van der Waals surface area contributed by atoms with Gasteiger partial charge in [0.1, 0.15) is 0 Å². The molecule has 0 saturated carbocycles. The zero-order chi connectivity index (χ0) is 10.1. The van der Waals surface area contributed by atoms with E-state index in [0.717, 1.165) is 22.5 Å². The van der Waals surface area contributed by atoms with Crippen LogP contribution in [-0.4, -0.2) is 10.7 Å². The van der Waals surface area contributed by atoms with Crippen LogP contribution in [0.5, 0.6) is 0 Å². The topological polar surface area (TPSA) is 0 Å². The van der Waals surface area contributed by atoms with E-state index in [9.17, 15) is 0 Å². The molecule has 0 N–H and O–H groups in total. The molecule has 0 saturated heterocycles. The summed E-state index contributed by atoms with van der Waals surface area (Å²) < 4.78 is 0. The van der Waals surface area contributed by atoms with Gasteiger partial charge in [-0.15, -0.1) is 0 Å². The molecule has 0 amide bonds. The van der Waals surface area contributed by atoms with Crippen molar-refractivity contribution in [1.82, 2.24) is 0 Å². The molecule has 1 atom stereocenters. The maximum Gasteiger partial charge on any atom is 0.00677 e. The van der Waals surface area contributed by atoms with Gasteiger partial charge in [0.2, 0.25) is 0 Å². The number of alkyl halides is 2. The van der Waals surface area contributed by atoms with E-state index in [0.29, 0.717) is 0 Å². The van der Waals surface area contributed by atoms with E-state index in [1.165, 1.54) is 32.1 Å². The van der Waals surface area contributed by atoms with Gasteiger partial charge in [0, 0.05) is 10.7 Å². The Hall–Kier alpha value is 0.960. The number of unbranched alkanes of at least 4 members (excludes halogenated alkanes) is 1. The number of hydrogen-bond donors (Lipinski definition) is 0. The van der Waals surface area contributed by atoms with Crippen LogP contribution in [0.15, 0.2) is 0 Å². The van der Waals surface area contributed by atoms with Gasteiger partial charge < -0.3 is 0 Å². The summed E-state index contributed by atoms with van der Waals surface area (Å²) in [7, 11) is 0. The zero-order valence-electron chi connectivity index (χ0n) is 8.86. The molecule has 0 aliphatic carbocycles. The number of halogens is 2. The molecule has 0 fully saturated rings. The Morgan fingerprint density at radius 2 is 1.62 bits per heavy atom. The first-order valence-corrected chi connectivity index (χ1v) is 7.64. The lowest BCUT2D eigenvalue weighted by molar-refractivity contribution is 0.374. The maximum atomic E-state index is 3.57. The third kappa shape index (κ3) is 6.96. The smallest absolute Gasteiger partial charge is 0.00677 e. The average molecular weight is 314 g/mol. The van der Waals surface area contributed by atoms with E-state index in [4.69, 9.17) is 0 Å². The normalized spacial score (nSPS) is 13.6. The summed E-state index contributed by atoms with van der Waals surface area (Å²) in [5.74, 6) is 1.77. The minimum absolute atomic E-state index is 0.821. The van der Waals surface area contributed by atoms with Crippen LogP contribution in [0.1, 0.15) is 46.0 Å². The summed E-state index contributed by atoms with van der Waals surface area (Å²) in [6.45, 7) is 4.60. The van der Waals surface area contributed by atoms with Crippen molar-refractivity contribution in [3.63, 3.8) is 0 Å². The second-order valence-electron chi connectivity index (χ2n) is 3.83. The predicted molar refractivity (Wildman–Crippen MR) is 69.0 cm³/mol. The summed E-state index contributed by atoms with van der Waals surface area (Å²) in [5, 5.41) is 2.28. The van der Waals surface area contributed by atoms with Crippen LogP contribution in [0, 0.1) is 11.8 Å². The van der Waals surface area contributed by atoms with E-state index >= 15 is 0 Å². The van der Waals surface area contributed by atoms with Gasteiger partial charge in [-0.1, -0.05) is 71.4 Å². The second kappa shape index (κ2) is 9.51. The summed E-state index contributed by atoms with van der Waals surface area (Å²) >= 11 is 7.14. The molecule has 0 aromatic heterocycles. The van der Waals surface area contributed by atoms with Gasteiger partial charge in [0.15, 0.2) is 0 Å². The van der Waals surface area contributed by atoms with Crippen LogP contribution in [-0.2, 0) is 0 Å². The molecule has 0 bridgehead atoms. The number of hydrogen-bond acceptors (Lipinski definition) is 0. The molecule has 0 radical (unpaired) electrons. The second-order valence-corrected chi connectivity index (χ2v) is 5.12. The largest absolute Gasteiger partial charge is 0.0925 e. The summed E-state index contributed by atoms with van der Waals surface area (Å²) in [4.78, 5) is 0. The lowest BCUT2D eigenvalue weighted by Gasteiger charge is -2.19. The Morgan fingerprint density at radius 1 is 1.00 bits per heavy atom. The third-order valence-corrected chi connectivity index (χ3v) is 4.48. The molecule has 0 heterocycles.